The van der Waals surface area contributed by atoms with E-state index in [1.807, 2.05) is 24.3 Å². The van der Waals surface area contributed by atoms with Crippen molar-refractivity contribution < 1.29 is 18.4 Å². The SMILES string of the molecule is COc1ccc(-c2oc3cc(C)oc(=O)c3c2CC(=O)NC[C@@H]2CCCN3CCCC[C@H]23)cc1. The lowest BCUT2D eigenvalue weighted by molar-refractivity contribution is -0.120. The Kier molecular flexibility index (Phi) is 6.46. The maximum absolute atomic E-state index is 13.1. The van der Waals surface area contributed by atoms with Gasteiger partial charge in [0.25, 0.3) is 0 Å². The van der Waals surface area contributed by atoms with Crippen LogP contribution in [-0.2, 0) is 11.2 Å². The van der Waals surface area contributed by atoms with Gasteiger partial charge in [-0.15, -0.1) is 0 Å². The second-order valence-corrected chi connectivity index (χ2v) is 9.50. The van der Waals surface area contributed by atoms with Crippen LogP contribution in [0.15, 0.2) is 44.0 Å². The van der Waals surface area contributed by atoms with E-state index in [-0.39, 0.29) is 12.3 Å². The molecule has 3 aromatic rings. The van der Waals surface area contributed by atoms with Crippen LogP contribution in [0.1, 0.15) is 43.4 Å². The maximum Gasteiger partial charge on any atom is 0.347 e. The molecule has 2 saturated heterocycles. The zero-order valence-electron chi connectivity index (χ0n) is 19.9. The third-order valence-corrected chi connectivity index (χ3v) is 7.31. The molecule has 2 aliphatic rings. The van der Waals surface area contributed by atoms with Crippen molar-refractivity contribution >= 4 is 16.9 Å². The fourth-order valence-electron chi connectivity index (χ4n) is 5.65. The van der Waals surface area contributed by atoms with Crippen LogP contribution in [-0.4, -0.2) is 43.6 Å². The molecule has 1 amide bonds. The number of ether oxygens (including phenoxy) is 1. The summed E-state index contributed by atoms with van der Waals surface area (Å²) in [5.74, 6) is 2.08. The molecule has 0 radical (unpaired) electrons. The maximum atomic E-state index is 13.1. The molecule has 34 heavy (non-hydrogen) atoms. The number of carbonyl (C=O) groups is 1. The van der Waals surface area contributed by atoms with Gasteiger partial charge in [-0.2, -0.15) is 0 Å². The standard InChI is InChI=1S/C27H32N2O5/c1-17-14-23-25(27(31)33-17)21(26(34-23)18-8-10-20(32-2)11-9-18)15-24(30)28-16-19-6-5-13-29-12-4-3-7-22(19)29/h8-11,14,19,22H,3-7,12-13,15-16H2,1-2H3,(H,28,30)/t19-,22+/m0/s1. The molecule has 180 valence electrons. The minimum atomic E-state index is -0.480. The van der Waals surface area contributed by atoms with E-state index in [4.69, 9.17) is 13.6 Å². The van der Waals surface area contributed by atoms with Gasteiger partial charge in [-0.1, -0.05) is 6.42 Å². The van der Waals surface area contributed by atoms with E-state index in [0.29, 0.717) is 46.6 Å². The highest BCUT2D eigenvalue weighted by Gasteiger charge is 2.33. The highest BCUT2D eigenvalue weighted by atomic mass is 16.5. The van der Waals surface area contributed by atoms with Crippen molar-refractivity contribution in [2.75, 3.05) is 26.7 Å². The Balaban J connectivity index is 1.39. The monoisotopic (exact) mass is 464 g/mol. The average molecular weight is 465 g/mol. The second kappa shape index (κ2) is 9.66. The van der Waals surface area contributed by atoms with Crippen molar-refractivity contribution in [3.63, 3.8) is 0 Å². The molecule has 2 fully saturated rings. The number of hydrogen-bond acceptors (Lipinski definition) is 6. The van der Waals surface area contributed by atoms with E-state index in [1.165, 1.54) is 38.8 Å². The third-order valence-electron chi connectivity index (χ3n) is 7.31. The molecule has 0 bridgehead atoms. The van der Waals surface area contributed by atoms with Gasteiger partial charge in [-0.3, -0.25) is 4.79 Å². The van der Waals surface area contributed by atoms with E-state index in [2.05, 4.69) is 10.2 Å². The molecule has 7 heteroatoms. The van der Waals surface area contributed by atoms with E-state index in [9.17, 15) is 9.59 Å². The lowest BCUT2D eigenvalue weighted by Crippen LogP contribution is -2.51. The molecule has 0 saturated carbocycles. The van der Waals surface area contributed by atoms with Crippen molar-refractivity contribution in [3.05, 3.63) is 52.1 Å². The van der Waals surface area contributed by atoms with Gasteiger partial charge in [0, 0.05) is 29.8 Å². The Morgan fingerprint density at radius 3 is 2.71 bits per heavy atom. The first kappa shape index (κ1) is 22.7. The number of fused-ring (bicyclic) bond motifs is 2. The highest BCUT2D eigenvalue weighted by molar-refractivity contribution is 5.92. The van der Waals surface area contributed by atoms with Crippen LogP contribution < -0.4 is 15.7 Å². The third kappa shape index (κ3) is 4.49. The van der Waals surface area contributed by atoms with E-state index >= 15 is 0 Å². The molecule has 4 heterocycles. The first-order chi connectivity index (χ1) is 16.5. The van der Waals surface area contributed by atoms with Crippen molar-refractivity contribution in [2.45, 2.75) is 51.5 Å². The Bertz CT molecular complexity index is 1220. The van der Waals surface area contributed by atoms with Gasteiger partial charge in [-0.25, -0.2) is 4.79 Å². The summed E-state index contributed by atoms with van der Waals surface area (Å²) in [6.07, 6.45) is 6.16. The summed E-state index contributed by atoms with van der Waals surface area (Å²) in [6.45, 7) is 4.73. The number of amides is 1. The van der Waals surface area contributed by atoms with E-state index in [0.717, 1.165) is 17.7 Å². The molecule has 7 nitrogen and oxygen atoms in total. The van der Waals surface area contributed by atoms with Crippen LogP contribution in [0.5, 0.6) is 5.75 Å². The smallest absolute Gasteiger partial charge is 0.347 e. The summed E-state index contributed by atoms with van der Waals surface area (Å²) in [4.78, 5) is 28.4. The van der Waals surface area contributed by atoms with Gasteiger partial charge < -0.3 is 23.8 Å². The predicted octanol–water partition coefficient (Wildman–Crippen LogP) is 4.29. The van der Waals surface area contributed by atoms with Crippen LogP contribution in [0.25, 0.3) is 22.3 Å². The van der Waals surface area contributed by atoms with Crippen molar-refractivity contribution in [1.29, 1.82) is 0 Å². The van der Waals surface area contributed by atoms with Crippen molar-refractivity contribution in [1.82, 2.24) is 10.2 Å². The molecule has 2 aliphatic heterocycles. The largest absolute Gasteiger partial charge is 0.497 e. The number of rotatable bonds is 6. The molecule has 1 N–H and O–H groups in total. The lowest BCUT2D eigenvalue weighted by atomic mass is 9.83. The number of methoxy groups -OCH3 is 1. The Morgan fingerprint density at radius 2 is 1.91 bits per heavy atom. The number of benzene rings is 1. The van der Waals surface area contributed by atoms with Gasteiger partial charge >= 0.3 is 5.63 Å². The number of nitrogens with zero attached hydrogens (tertiary/aromatic N) is 1. The number of carbonyl (C=O) groups excluding carboxylic acids is 1. The van der Waals surface area contributed by atoms with Crippen LogP contribution in [0.3, 0.4) is 0 Å². The van der Waals surface area contributed by atoms with Crippen LogP contribution in [0.4, 0.5) is 0 Å². The summed E-state index contributed by atoms with van der Waals surface area (Å²) in [5.41, 5.74) is 1.30. The van der Waals surface area contributed by atoms with Crippen LogP contribution in [0.2, 0.25) is 0 Å². The van der Waals surface area contributed by atoms with Gasteiger partial charge in [0.05, 0.1) is 13.5 Å². The zero-order chi connectivity index (χ0) is 23.7. The Hall–Kier alpha value is -3.06. The molecule has 2 atom stereocenters. The fraction of sp³-hybridized carbons (Fsp3) is 0.481. The topological polar surface area (TPSA) is 84.9 Å². The second-order valence-electron chi connectivity index (χ2n) is 9.50. The minimum Gasteiger partial charge on any atom is -0.497 e. The summed E-state index contributed by atoms with van der Waals surface area (Å²) in [7, 11) is 1.61. The van der Waals surface area contributed by atoms with E-state index < -0.39 is 5.63 Å². The summed E-state index contributed by atoms with van der Waals surface area (Å²) in [5, 5.41) is 3.49. The number of furan rings is 1. The average Bonchev–Trinajstić information content (AvgIpc) is 3.20. The quantitative estimate of drug-likeness (QED) is 0.586. The molecular formula is C27H32N2O5. The first-order valence-electron chi connectivity index (χ1n) is 12.2. The molecule has 0 aliphatic carbocycles. The number of hydrogen-bond donors (Lipinski definition) is 1. The Morgan fingerprint density at radius 1 is 1.12 bits per heavy atom. The van der Waals surface area contributed by atoms with Gasteiger partial charge in [0.2, 0.25) is 5.91 Å². The predicted molar refractivity (Wildman–Crippen MR) is 130 cm³/mol. The molecule has 1 aromatic carbocycles. The summed E-state index contributed by atoms with van der Waals surface area (Å²) in [6, 6.07) is 9.67. The number of aryl methyl sites for hydroxylation is 1. The summed E-state index contributed by atoms with van der Waals surface area (Å²) < 4.78 is 16.7. The number of piperidine rings is 2. The normalized spacial score (nSPS) is 20.8. The molecule has 0 unspecified atom stereocenters. The van der Waals surface area contributed by atoms with Crippen molar-refractivity contribution in [2.24, 2.45) is 5.92 Å². The van der Waals surface area contributed by atoms with Crippen LogP contribution in [0, 0.1) is 12.8 Å². The minimum absolute atomic E-state index is 0.0588. The summed E-state index contributed by atoms with van der Waals surface area (Å²) >= 11 is 0. The Labute approximate surface area is 199 Å². The van der Waals surface area contributed by atoms with E-state index in [1.54, 1.807) is 20.1 Å². The molecule has 0 spiro atoms. The molecule has 2 aromatic heterocycles. The van der Waals surface area contributed by atoms with Gasteiger partial charge in [-0.05, 0) is 75.9 Å². The van der Waals surface area contributed by atoms with Gasteiger partial charge in [0.15, 0.2) is 0 Å². The zero-order valence-corrected chi connectivity index (χ0v) is 19.9. The van der Waals surface area contributed by atoms with Crippen LogP contribution >= 0.6 is 0 Å². The molecule has 5 rings (SSSR count). The fourth-order valence-corrected chi connectivity index (χ4v) is 5.65. The van der Waals surface area contributed by atoms with Crippen molar-refractivity contribution in [3.8, 4) is 17.1 Å². The number of nitrogens with one attached hydrogen (secondary N) is 1. The lowest BCUT2D eigenvalue weighted by Gasteiger charge is -2.44. The first-order valence-corrected chi connectivity index (χ1v) is 12.2. The highest BCUT2D eigenvalue weighted by Crippen LogP contribution is 2.34. The van der Waals surface area contributed by atoms with Gasteiger partial charge in [0.1, 0.15) is 28.2 Å². The molecular weight excluding hydrogens is 432 g/mol.